The first-order valence-electron chi connectivity index (χ1n) is 5.72. The zero-order chi connectivity index (χ0) is 12.0. The lowest BCUT2D eigenvalue weighted by atomic mass is 9.88. The van der Waals surface area contributed by atoms with Gasteiger partial charge in [-0.15, -0.1) is 0 Å². The topological polar surface area (TPSA) is 41.5 Å². The lowest BCUT2D eigenvalue weighted by Gasteiger charge is -2.32. The van der Waals surface area contributed by atoms with Crippen molar-refractivity contribution < 1.29 is 9.84 Å². The molecule has 2 N–H and O–H groups in total. The van der Waals surface area contributed by atoms with Gasteiger partial charge in [-0.1, -0.05) is 26.0 Å². The molecule has 0 fully saturated rings. The molecule has 3 heteroatoms. The molecule has 90 valence electrons. The molecule has 0 heterocycles. The van der Waals surface area contributed by atoms with E-state index in [2.05, 4.69) is 12.2 Å². The highest BCUT2D eigenvalue weighted by Gasteiger charge is 2.28. The van der Waals surface area contributed by atoms with Gasteiger partial charge >= 0.3 is 0 Å². The van der Waals surface area contributed by atoms with Gasteiger partial charge in [-0.3, -0.25) is 0 Å². The fraction of sp³-hybridized carbons (Fsp3) is 0.538. The van der Waals surface area contributed by atoms with Crippen LogP contribution in [0.2, 0.25) is 0 Å². The Bertz CT molecular complexity index is 304. The SMILES string of the molecule is CCNC(CC)(CO)c1ccc(OC)cc1. The Morgan fingerprint density at radius 2 is 1.88 bits per heavy atom. The molecule has 0 aromatic heterocycles. The van der Waals surface area contributed by atoms with Crippen molar-refractivity contribution in [2.24, 2.45) is 0 Å². The van der Waals surface area contributed by atoms with Crippen molar-refractivity contribution in [1.82, 2.24) is 5.32 Å². The smallest absolute Gasteiger partial charge is 0.118 e. The minimum Gasteiger partial charge on any atom is -0.497 e. The summed E-state index contributed by atoms with van der Waals surface area (Å²) in [5.41, 5.74) is 0.765. The van der Waals surface area contributed by atoms with Crippen LogP contribution in [0.25, 0.3) is 0 Å². The van der Waals surface area contributed by atoms with E-state index < -0.39 is 0 Å². The predicted molar refractivity (Wildman–Crippen MR) is 65.7 cm³/mol. The molecule has 1 aromatic carbocycles. The summed E-state index contributed by atoms with van der Waals surface area (Å²) in [7, 11) is 1.65. The van der Waals surface area contributed by atoms with Crippen molar-refractivity contribution in [3.05, 3.63) is 29.8 Å². The van der Waals surface area contributed by atoms with Crippen LogP contribution in [0.4, 0.5) is 0 Å². The number of likely N-dealkylation sites (N-methyl/N-ethyl adjacent to an activating group) is 1. The van der Waals surface area contributed by atoms with E-state index >= 15 is 0 Å². The van der Waals surface area contributed by atoms with Gasteiger partial charge in [-0.2, -0.15) is 0 Å². The van der Waals surface area contributed by atoms with Crippen molar-refractivity contribution >= 4 is 0 Å². The summed E-state index contributed by atoms with van der Waals surface area (Å²) in [5.74, 6) is 0.836. The van der Waals surface area contributed by atoms with E-state index in [1.54, 1.807) is 7.11 Å². The molecule has 0 aliphatic carbocycles. The Morgan fingerprint density at radius 1 is 1.25 bits per heavy atom. The number of aliphatic hydroxyl groups excluding tert-OH is 1. The second-order valence-corrected chi connectivity index (χ2v) is 3.85. The molecule has 0 saturated carbocycles. The van der Waals surface area contributed by atoms with Gasteiger partial charge in [-0.25, -0.2) is 0 Å². The highest BCUT2D eigenvalue weighted by Crippen LogP contribution is 2.26. The van der Waals surface area contributed by atoms with Crippen molar-refractivity contribution in [2.75, 3.05) is 20.3 Å². The van der Waals surface area contributed by atoms with Crippen LogP contribution in [-0.4, -0.2) is 25.4 Å². The lowest BCUT2D eigenvalue weighted by molar-refractivity contribution is 0.157. The number of methoxy groups -OCH3 is 1. The van der Waals surface area contributed by atoms with E-state index in [0.717, 1.165) is 24.3 Å². The zero-order valence-corrected chi connectivity index (χ0v) is 10.3. The van der Waals surface area contributed by atoms with Crippen LogP contribution in [0.5, 0.6) is 5.75 Å². The molecule has 0 bridgehead atoms. The monoisotopic (exact) mass is 223 g/mol. The first kappa shape index (κ1) is 13.0. The molecule has 0 aliphatic rings. The minimum absolute atomic E-state index is 0.101. The predicted octanol–water partition coefficient (Wildman–Crippen LogP) is 1.90. The molecule has 16 heavy (non-hydrogen) atoms. The van der Waals surface area contributed by atoms with Crippen molar-refractivity contribution in [2.45, 2.75) is 25.8 Å². The van der Waals surface area contributed by atoms with E-state index in [9.17, 15) is 5.11 Å². The Balaban J connectivity index is 3.00. The average molecular weight is 223 g/mol. The van der Waals surface area contributed by atoms with Crippen LogP contribution in [0.3, 0.4) is 0 Å². The Kier molecular flexibility index (Phi) is 4.77. The molecule has 0 radical (unpaired) electrons. The number of nitrogens with one attached hydrogen (secondary N) is 1. The highest BCUT2D eigenvalue weighted by molar-refractivity contribution is 5.32. The second-order valence-electron chi connectivity index (χ2n) is 3.85. The number of hydrogen-bond acceptors (Lipinski definition) is 3. The van der Waals surface area contributed by atoms with Crippen LogP contribution in [0, 0.1) is 0 Å². The third-order valence-corrected chi connectivity index (χ3v) is 3.03. The van der Waals surface area contributed by atoms with E-state index in [1.165, 1.54) is 0 Å². The molecule has 0 saturated heterocycles. The van der Waals surface area contributed by atoms with E-state index in [1.807, 2.05) is 31.2 Å². The number of ether oxygens (including phenoxy) is 1. The lowest BCUT2D eigenvalue weighted by Crippen LogP contribution is -2.45. The largest absolute Gasteiger partial charge is 0.497 e. The first-order valence-corrected chi connectivity index (χ1v) is 5.72. The van der Waals surface area contributed by atoms with Crippen LogP contribution in [0.15, 0.2) is 24.3 Å². The van der Waals surface area contributed by atoms with Gasteiger partial charge in [0.05, 0.1) is 19.3 Å². The molecular formula is C13H21NO2. The number of benzene rings is 1. The van der Waals surface area contributed by atoms with Crippen molar-refractivity contribution in [3.8, 4) is 5.75 Å². The quantitative estimate of drug-likeness (QED) is 0.774. The Hall–Kier alpha value is -1.06. The van der Waals surface area contributed by atoms with Gasteiger partial charge in [0.25, 0.3) is 0 Å². The van der Waals surface area contributed by atoms with Crippen LogP contribution >= 0.6 is 0 Å². The van der Waals surface area contributed by atoms with E-state index in [-0.39, 0.29) is 12.1 Å². The number of hydrogen-bond donors (Lipinski definition) is 2. The summed E-state index contributed by atoms with van der Waals surface area (Å²) >= 11 is 0. The average Bonchev–Trinajstić information content (AvgIpc) is 2.36. The zero-order valence-electron chi connectivity index (χ0n) is 10.3. The molecule has 1 aromatic rings. The minimum atomic E-state index is -0.332. The Labute approximate surface area is 97.4 Å². The summed E-state index contributed by atoms with van der Waals surface area (Å²) in [6.45, 7) is 5.05. The van der Waals surface area contributed by atoms with Gasteiger partial charge < -0.3 is 15.2 Å². The standard InChI is InChI=1S/C13H21NO2/c1-4-13(10-15,14-5-2)11-6-8-12(16-3)9-7-11/h6-9,14-15H,4-5,10H2,1-3H3. The molecule has 1 unspecified atom stereocenters. The normalized spacial score (nSPS) is 14.5. The second kappa shape index (κ2) is 5.87. The molecule has 0 amide bonds. The summed E-state index contributed by atoms with van der Waals surface area (Å²) in [6.07, 6.45) is 0.851. The molecule has 0 aliphatic heterocycles. The van der Waals surface area contributed by atoms with E-state index in [0.29, 0.717) is 0 Å². The fourth-order valence-corrected chi connectivity index (χ4v) is 1.94. The summed E-state index contributed by atoms with van der Waals surface area (Å²) in [5, 5.41) is 13.0. The fourth-order valence-electron chi connectivity index (χ4n) is 1.94. The molecular weight excluding hydrogens is 202 g/mol. The summed E-state index contributed by atoms with van der Waals surface area (Å²) in [6, 6.07) is 7.85. The summed E-state index contributed by atoms with van der Waals surface area (Å²) in [4.78, 5) is 0. The van der Waals surface area contributed by atoms with Gasteiger partial charge in [0.15, 0.2) is 0 Å². The number of aliphatic hydroxyl groups is 1. The molecule has 3 nitrogen and oxygen atoms in total. The van der Waals surface area contributed by atoms with Gasteiger partial charge in [0.1, 0.15) is 5.75 Å². The third-order valence-electron chi connectivity index (χ3n) is 3.03. The highest BCUT2D eigenvalue weighted by atomic mass is 16.5. The van der Waals surface area contributed by atoms with Crippen molar-refractivity contribution in [3.63, 3.8) is 0 Å². The Morgan fingerprint density at radius 3 is 2.25 bits per heavy atom. The van der Waals surface area contributed by atoms with Crippen LogP contribution in [0.1, 0.15) is 25.8 Å². The van der Waals surface area contributed by atoms with E-state index in [4.69, 9.17) is 4.74 Å². The van der Waals surface area contributed by atoms with Gasteiger partial charge in [0, 0.05) is 0 Å². The van der Waals surface area contributed by atoms with Gasteiger partial charge in [0.2, 0.25) is 0 Å². The maximum atomic E-state index is 9.59. The van der Waals surface area contributed by atoms with Crippen molar-refractivity contribution in [1.29, 1.82) is 0 Å². The van der Waals surface area contributed by atoms with Crippen LogP contribution in [-0.2, 0) is 5.54 Å². The maximum absolute atomic E-state index is 9.59. The van der Waals surface area contributed by atoms with Crippen LogP contribution < -0.4 is 10.1 Å². The third kappa shape index (κ3) is 2.54. The summed E-state index contributed by atoms with van der Waals surface area (Å²) < 4.78 is 5.13. The maximum Gasteiger partial charge on any atom is 0.118 e. The molecule has 0 spiro atoms. The molecule has 1 atom stereocenters. The van der Waals surface area contributed by atoms with Gasteiger partial charge in [-0.05, 0) is 30.7 Å². The molecule has 1 rings (SSSR count). The number of rotatable bonds is 6. The first-order chi connectivity index (χ1) is 7.72.